The number of hydrogen-bond donors (Lipinski definition) is 1. The van der Waals surface area contributed by atoms with Crippen LogP contribution in [0.1, 0.15) is 59.1 Å². The van der Waals surface area contributed by atoms with Crippen molar-refractivity contribution in [1.82, 2.24) is 14.9 Å². The maximum Gasteiger partial charge on any atom is 0.251 e. The maximum atomic E-state index is 12.6. The van der Waals surface area contributed by atoms with Gasteiger partial charge in [0, 0.05) is 25.1 Å². The third-order valence-corrected chi connectivity index (χ3v) is 6.80. The van der Waals surface area contributed by atoms with Crippen molar-refractivity contribution in [2.24, 2.45) is 0 Å². The second-order valence-electron chi connectivity index (χ2n) is 9.81. The van der Waals surface area contributed by atoms with Gasteiger partial charge in [-0.1, -0.05) is 48.0 Å². The molecule has 0 aliphatic heterocycles. The fraction of sp³-hybridized carbons (Fsp3) is 0.333. The fourth-order valence-electron chi connectivity index (χ4n) is 4.83. The molecule has 4 aromatic rings. The van der Waals surface area contributed by atoms with E-state index < -0.39 is 0 Å². The van der Waals surface area contributed by atoms with Crippen molar-refractivity contribution in [3.8, 4) is 11.5 Å². The highest BCUT2D eigenvalue weighted by Gasteiger charge is 2.12. The molecule has 0 spiro atoms. The summed E-state index contributed by atoms with van der Waals surface area (Å²) in [5, 5.41) is 3.07. The molecule has 0 atom stereocenters. The van der Waals surface area contributed by atoms with E-state index >= 15 is 0 Å². The van der Waals surface area contributed by atoms with Crippen LogP contribution >= 0.6 is 0 Å². The highest BCUT2D eigenvalue weighted by atomic mass is 16.5. The van der Waals surface area contributed by atoms with Crippen molar-refractivity contribution < 1.29 is 14.3 Å². The number of benzene rings is 3. The quantitative estimate of drug-likeness (QED) is 0.193. The molecule has 0 bridgehead atoms. The van der Waals surface area contributed by atoms with Crippen molar-refractivity contribution in [2.45, 2.75) is 53.0 Å². The molecule has 204 valence electrons. The van der Waals surface area contributed by atoms with Gasteiger partial charge in [0.1, 0.15) is 5.82 Å². The molecule has 1 heterocycles. The van der Waals surface area contributed by atoms with Crippen LogP contribution < -0.4 is 14.8 Å². The van der Waals surface area contributed by atoms with Gasteiger partial charge < -0.3 is 19.4 Å². The van der Waals surface area contributed by atoms with E-state index in [1.807, 2.05) is 75.4 Å². The Labute approximate surface area is 231 Å². The van der Waals surface area contributed by atoms with Crippen LogP contribution in [0, 0.1) is 13.8 Å². The van der Waals surface area contributed by atoms with Crippen LogP contribution in [0.3, 0.4) is 0 Å². The van der Waals surface area contributed by atoms with Crippen molar-refractivity contribution in [3.05, 3.63) is 94.8 Å². The summed E-state index contributed by atoms with van der Waals surface area (Å²) in [6, 6.07) is 20.2. The minimum atomic E-state index is -0.0194. The zero-order valence-electron chi connectivity index (χ0n) is 23.5. The van der Waals surface area contributed by atoms with Crippen LogP contribution in [0.5, 0.6) is 11.5 Å². The molecule has 3 aromatic carbocycles. The van der Waals surface area contributed by atoms with Gasteiger partial charge >= 0.3 is 0 Å². The molecule has 6 nitrogen and oxygen atoms in total. The topological polar surface area (TPSA) is 65.4 Å². The van der Waals surface area contributed by atoms with Gasteiger partial charge in [-0.2, -0.15) is 0 Å². The lowest BCUT2D eigenvalue weighted by Gasteiger charge is -2.13. The Kier molecular flexibility index (Phi) is 9.79. The molecule has 0 aliphatic carbocycles. The van der Waals surface area contributed by atoms with Crippen molar-refractivity contribution in [2.75, 3.05) is 20.3 Å². The lowest BCUT2D eigenvalue weighted by Crippen LogP contribution is -2.25. The summed E-state index contributed by atoms with van der Waals surface area (Å²) in [4.78, 5) is 17.5. The van der Waals surface area contributed by atoms with Crippen molar-refractivity contribution >= 4 is 23.0 Å². The van der Waals surface area contributed by atoms with Crippen LogP contribution in [0.4, 0.5) is 0 Å². The number of rotatable bonds is 13. The predicted octanol–water partition coefficient (Wildman–Crippen LogP) is 6.92. The Hall–Kier alpha value is -4.06. The predicted molar refractivity (Wildman–Crippen MR) is 159 cm³/mol. The van der Waals surface area contributed by atoms with E-state index in [0.717, 1.165) is 82.8 Å². The van der Waals surface area contributed by atoms with Crippen molar-refractivity contribution in [1.29, 1.82) is 0 Å². The third kappa shape index (κ3) is 7.29. The molecule has 0 unspecified atom stereocenters. The Morgan fingerprint density at radius 3 is 2.64 bits per heavy atom. The van der Waals surface area contributed by atoms with Gasteiger partial charge in [-0.15, -0.1) is 0 Å². The number of unbranched alkanes of at least 4 members (excludes halogenated alkanes) is 1. The number of para-hydroxylation sites is 2. The van der Waals surface area contributed by atoms with Crippen LogP contribution in [0.2, 0.25) is 0 Å². The summed E-state index contributed by atoms with van der Waals surface area (Å²) in [5.74, 6) is 2.55. The Balaban J connectivity index is 1.30. The number of allylic oxidation sites excluding steroid dienone is 1. The monoisotopic (exact) mass is 525 g/mol. The summed E-state index contributed by atoms with van der Waals surface area (Å²) in [6.07, 6.45) is 7.55. The van der Waals surface area contributed by atoms with Gasteiger partial charge in [0.2, 0.25) is 0 Å². The summed E-state index contributed by atoms with van der Waals surface area (Å²) in [7, 11) is 1.67. The van der Waals surface area contributed by atoms with E-state index in [2.05, 4.69) is 28.1 Å². The highest BCUT2D eigenvalue weighted by molar-refractivity contribution is 5.95. The lowest BCUT2D eigenvalue weighted by molar-refractivity contribution is 0.0952. The summed E-state index contributed by atoms with van der Waals surface area (Å²) in [5.41, 5.74) is 6.14. The minimum absolute atomic E-state index is 0.0194. The summed E-state index contributed by atoms with van der Waals surface area (Å²) < 4.78 is 13.9. The highest BCUT2D eigenvalue weighted by Crippen LogP contribution is 2.29. The SMILES string of the molecule is C/C=C/c1ccc(OCCCCn2c(CCCNC(=O)c3ccc(C)cc3C)nc3ccccc32)c(OC)c1. The molecule has 1 amide bonds. The minimum Gasteiger partial charge on any atom is -0.493 e. The number of aromatic nitrogens is 2. The second-order valence-corrected chi connectivity index (χ2v) is 9.81. The van der Waals surface area contributed by atoms with E-state index in [4.69, 9.17) is 14.5 Å². The van der Waals surface area contributed by atoms with Gasteiger partial charge in [0.25, 0.3) is 5.91 Å². The molecular weight excluding hydrogens is 486 g/mol. The van der Waals surface area contributed by atoms with E-state index in [1.54, 1.807) is 7.11 Å². The zero-order valence-corrected chi connectivity index (χ0v) is 23.5. The third-order valence-electron chi connectivity index (χ3n) is 6.80. The largest absolute Gasteiger partial charge is 0.493 e. The van der Waals surface area contributed by atoms with Crippen molar-refractivity contribution in [3.63, 3.8) is 0 Å². The fourth-order valence-corrected chi connectivity index (χ4v) is 4.83. The molecule has 1 N–H and O–H groups in total. The number of hydrogen-bond acceptors (Lipinski definition) is 4. The first-order valence-electron chi connectivity index (χ1n) is 13.7. The molecule has 0 fully saturated rings. The molecule has 4 rings (SSSR count). The Morgan fingerprint density at radius 2 is 1.85 bits per heavy atom. The normalized spacial score (nSPS) is 11.3. The van der Waals surface area contributed by atoms with E-state index in [1.165, 1.54) is 0 Å². The van der Waals surface area contributed by atoms with E-state index in [-0.39, 0.29) is 5.91 Å². The molecule has 6 heteroatoms. The lowest BCUT2D eigenvalue weighted by atomic mass is 10.1. The summed E-state index contributed by atoms with van der Waals surface area (Å²) >= 11 is 0. The number of amides is 1. The molecule has 1 aromatic heterocycles. The first kappa shape index (κ1) is 28.0. The number of fused-ring (bicyclic) bond motifs is 1. The van der Waals surface area contributed by atoms with Crippen LogP contribution in [0.15, 0.2) is 66.7 Å². The molecule has 0 radical (unpaired) electrons. The van der Waals surface area contributed by atoms with Gasteiger partial charge in [-0.05, 0) is 81.5 Å². The first-order chi connectivity index (χ1) is 19.0. The van der Waals surface area contributed by atoms with Gasteiger partial charge in [-0.25, -0.2) is 4.98 Å². The number of carbonyl (C=O) groups excluding carboxylic acids is 1. The number of carbonyl (C=O) groups is 1. The Bertz CT molecular complexity index is 1440. The molecule has 39 heavy (non-hydrogen) atoms. The van der Waals surface area contributed by atoms with Gasteiger partial charge in [-0.3, -0.25) is 4.79 Å². The average Bonchev–Trinajstić information content (AvgIpc) is 3.28. The number of aryl methyl sites for hydroxylation is 4. The number of imidazole rings is 1. The van der Waals surface area contributed by atoms with Crippen LogP contribution in [-0.2, 0) is 13.0 Å². The number of nitrogens with zero attached hydrogens (tertiary/aromatic N) is 2. The number of ether oxygens (including phenoxy) is 2. The maximum absolute atomic E-state index is 12.6. The van der Waals surface area contributed by atoms with Gasteiger partial charge in [0.15, 0.2) is 11.5 Å². The molecular formula is C33H39N3O3. The van der Waals surface area contributed by atoms with Crippen LogP contribution in [-0.4, -0.2) is 35.7 Å². The average molecular weight is 526 g/mol. The zero-order chi connectivity index (χ0) is 27.6. The van der Waals surface area contributed by atoms with Gasteiger partial charge in [0.05, 0.1) is 24.8 Å². The standard InChI is InChI=1S/C33H39N3O3/c1-5-11-26-16-18-30(31(23-26)38-4)39-21-9-8-20-36-29-13-7-6-12-28(29)35-32(36)14-10-19-34-33(37)27-17-15-24(2)22-25(27)3/h5-7,11-13,15-18,22-23H,8-10,14,19-21H2,1-4H3,(H,34,37)/b11-5+. The smallest absolute Gasteiger partial charge is 0.251 e. The molecule has 0 aliphatic rings. The van der Waals surface area contributed by atoms with E-state index in [9.17, 15) is 4.79 Å². The summed E-state index contributed by atoms with van der Waals surface area (Å²) in [6.45, 7) is 8.10. The first-order valence-corrected chi connectivity index (χ1v) is 13.7. The number of nitrogens with one attached hydrogen (secondary N) is 1. The number of methoxy groups -OCH3 is 1. The second kappa shape index (κ2) is 13.7. The molecule has 0 saturated heterocycles. The Morgan fingerprint density at radius 1 is 1.00 bits per heavy atom. The van der Waals surface area contributed by atoms with E-state index in [0.29, 0.717) is 13.2 Å². The molecule has 0 saturated carbocycles. The van der Waals surface area contributed by atoms with Crippen LogP contribution in [0.25, 0.3) is 17.1 Å².